The van der Waals surface area contributed by atoms with Crippen molar-refractivity contribution in [2.45, 2.75) is 58.0 Å². The van der Waals surface area contributed by atoms with Crippen LogP contribution in [0.4, 0.5) is 0 Å². The number of hydrogen-bond acceptors (Lipinski definition) is 5. The van der Waals surface area contributed by atoms with Crippen LogP contribution >= 0.6 is 0 Å². The Labute approximate surface area is 154 Å². The van der Waals surface area contributed by atoms with Gasteiger partial charge in [-0.15, -0.1) is 5.10 Å². The summed E-state index contributed by atoms with van der Waals surface area (Å²) in [5.74, 6) is -0.0536. The van der Waals surface area contributed by atoms with E-state index in [-0.39, 0.29) is 0 Å². The first-order valence-electron chi connectivity index (χ1n) is 9.59. The van der Waals surface area contributed by atoms with Crippen molar-refractivity contribution in [2.24, 2.45) is 5.73 Å². The number of ether oxygens (including phenoxy) is 1. The Kier molecular flexibility index (Phi) is 6.08. The van der Waals surface area contributed by atoms with Gasteiger partial charge in [0.1, 0.15) is 11.3 Å². The van der Waals surface area contributed by atoms with Gasteiger partial charge in [0.25, 0.3) is 5.91 Å². The number of likely N-dealkylation sites (N-methyl/N-ethyl adjacent to an activating group) is 1. The monoisotopic (exact) mass is 359 g/mol. The molecule has 1 fully saturated rings. The minimum absolute atomic E-state index is 0.338. The molecule has 0 spiro atoms. The molecule has 2 N–H and O–H groups in total. The van der Waals surface area contributed by atoms with E-state index in [2.05, 4.69) is 22.1 Å². The standard InChI is InChI=1S/C19H29N5O2/c1-3-23-10-8-6-4-5-7-9-14(23)13-24-17-12-18(26-2)15(19(20)25)11-16(17)21-22-24/h11-12,14H,3-10,13H2,1-2H3,(H2,20,25). The molecule has 1 aromatic carbocycles. The zero-order chi connectivity index (χ0) is 18.5. The molecule has 0 bridgehead atoms. The lowest BCUT2D eigenvalue weighted by atomic mass is 10.1. The van der Waals surface area contributed by atoms with Crippen LogP contribution in [-0.2, 0) is 6.54 Å². The van der Waals surface area contributed by atoms with Crippen LogP contribution < -0.4 is 10.5 Å². The summed E-state index contributed by atoms with van der Waals surface area (Å²) in [6.45, 7) is 5.21. The number of carbonyl (C=O) groups is 1. The first kappa shape index (κ1) is 18.6. The summed E-state index contributed by atoms with van der Waals surface area (Å²) in [5, 5.41) is 8.59. The van der Waals surface area contributed by atoms with Gasteiger partial charge in [0.2, 0.25) is 0 Å². The predicted molar refractivity (Wildman–Crippen MR) is 101 cm³/mol. The number of nitrogens with zero attached hydrogens (tertiary/aromatic N) is 4. The van der Waals surface area contributed by atoms with Crippen molar-refractivity contribution in [1.82, 2.24) is 19.9 Å². The van der Waals surface area contributed by atoms with Crippen LogP contribution in [-0.4, -0.2) is 52.0 Å². The minimum atomic E-state index is -0.522. The smallest absolute Gasteiger partial charge is 0.252 e. The number of rotatable bonds is 5. The molecule has 1 aliphatic rings. The number of primary amides is 1. The molecular formula is C19H29N5O2. The second kappa shape index (κ2) is 8.49. The van der Waals surface area contributed by atoms with E-state index in [0.29, 0.717) is 22.9 Å². The molecular weight excluding hydrogens is 330 g/mol. The van der Waals surface area contributed by atoms with Gasteiger partial charge >= 0.3 is 0 Å². The van der Waals surface area contributed by atoms with E-state index in [9.17, 15) is 4.79 Å². The molecule has 0 aliphatic carbocycles. The summed E-state index contributed by atoms with van der Waals surface area (Å²) in [6, 6.07) is 3.94. The van der Waals surface area contributed by atoms with Crippen molar-refractivity contribution >= 4 is 16.9 Å². The van der Waals surface area contributed by atoms with Crippen LogP contribution in [0.15, 0.2) is 12.1 Å². The third-order valence-electron chi connectivity index (χ3n) is 5.39. The number of methoxy groups -OCH3 is 1. The molecule has 0 radical (unpaired) electrons. The van der Waals surface area contributed by atoms with Crippen molar-refractivity contribution in [3.8, 4) is 5.75 Å². The van der Waals surface area contributed by atoms with Crippen LogP contribution in [0.5, 0.6) is 5.75 Å². The van der Waals surface area contributed by atoms with E-state index in [0.717, 1.165) is 25.2 Å². The number of fused-ring (bicyclic) bond motifs is 1. The van der Waals surface area contributed by atoms with Gasteiger partial charge in [0.05, 0.1) is 24.7 Å². The van der Waals surface area contributed by atoms with Crippen molar-refractivity contribution in [2.75, 3.05) is 20.2 Å². The Hall–Kier alpha value is -2.15. The average Bonchev–Trinajstić information content (AvgIpc) is 3.07. The number of amides is 1. The summed E-state index contributed by atoms with van der Waals surface area (Å²) >= 11 is 0. The molecule has 1 unspecified atom stereocenters. The van der Waals surface area contributed by atoms with Crippen molar-refractivity contribution < 1.29 is 9.53 Å². The Morgan fingerprint density at radius 1 is 1.27 bits per heavy atom. The quantitative estimate of drug-likeness (QED) is 0.887. The third kappa shape index (κ3) is 3.98. The van der Waals surface area contributed by atoms with Crippen molar-refractivity contribution in [3.63, 3.8) is 0 Å². The Bertz CT molecular complexity index is 758. The van der Waals surface area contributed by atoms with Crippen LogP contribution in [0.3, 0.4) is 0 Å². The first-order chi connectivity index (χ1) is 12.6. The molecule has 1 atom stereocenters. The molecule has 2 aromatic rings. The lowest BCUT2D eigenvalue weighted by molar-refractivity contribution is 0.0997. The van der Waals surface area contributed by atoms with Crippen LogP contribution in [0.2, 0.25) is 0 Å². The molecule has 1 amide bonds. The second-order valence-electron chi connectivity index (χ2n) is 7.02. The third-order valence-corrected chi connectivity index (χ3v) is 5.39. The normalized spacial score (nSPS) is 19.7. The zero-order valence-corrected chi connectivity index (χ0v) is 15.8. The van der Waals surface area contributed by atoms with Gasteiger partial charge in [0, 0.05) is 12.1 Å². The highest BCUT2D eigenvalue weighted by Crippen LogP contribution is 2.25. The lowest BCUT2D eigenvalue weighted by Crippen LogP contribution is -2.39. The van der Waals surface area contributed by atoms with E-state index >= 15 is 0 Å². The molecule has 142 valence electrons. The average molecular weight is 359 g/mol. The molecule has 3 rings (SSSR count). The molecule has 2 heterocycles. The van der Waals surface area contributed by atoms with Crippen molar-refractivity contribution in [1.29, 1.82) is 0 Å². The van der Waals surface area contributed by atoms with Gasteiger partial charge in [-0.3, -0.25) is 9.69 Å². The van der Waals surface area contributed by atoms with Gasteiger partial charge in [0.15, 0.2) is 0 Å². The number of hydrogen-bond donors (Lipinski definition) is 1. The maximum atomic E-state index is 11.6. The summed E-state index contributed by atoms with van der Waals surface area (Å²) in [6.07, 6.45) is 7.65. The van der Waals surface area contributed by atoms with E-state index in [1.165, 1.54) is 38.5 Å². The molecule has 26 heavy (non-hydrogen) atoms. The summed E-state index contributed by atoms with van der Waals surface area (Å²) in [4.78, 5) is 14.2. The van der Waals surface area contributed by atoms with E-state index in [1.807, 2.05) is 10.7 Å². The van der Waals surface area contributed by atoms with Crippen molar-refractivity contribution in [3.05, 3.63) is 17.7 Å². The van der Waals surface area contributed by atoms with Gasteiger partial charge in [-0.05, 0) is 32.0 Å². The Morgan fingerprint density at radius 2 is 2.04 bits per heavy atom. The summed E-state index contributed by atoms with van der Waals surface area (Å²) in [5.41, 5.74) is 7.33. The van der Waals surface area contributed by atoms with Gasteiger partial charge in [-0.1, -0.05) is 37.8 Å². The summed E-state index contributed by atoms with van der Waals surface area (Å²) < 4.78 is 7.28. The van der Waals surface area contributed by atoms with Gasteiger partial charge < -0.3 is 10.5 Å². The number of carbonyl (C=O) groups excluding carboxylic acids is 1. The van der Waals surface area contributed by atoms with Crippen LogP contribution in [0.25, 0.3) is 11.0 Å². The molecule has 1 aliphatic heterocycles. The predicted octanol–water partition coefficient (Wildman–Crippen LogP) is 2.58. The van der Waals surface area contributed by atoms with E-state index < -0.39 is 5.91 Å². The maximum Gasteiger partial charge on any atom is 0.252 e. The van der Waals surface area contributed by atoms with Crippen LogP contribution in [0.1, 0.15) is 55.8 Å². The number of nitrogens with two attached hydrogens (primary N) is 1. The maximum absolute atomic E-state index is 11.6. The molecule has 1 aromatic heterocycles. The SMILES string of the molecule is CCN1CCCCCCCC1Cn1nnc2cc(C(N)=O)c(OC)cc21. The molecule has 1 saturated heterocycles. The topological polar surface area (TPSA) is 86.3 Å². The van der Waals surface area contributed by atoms with Gasteiger partial charge in [-0.2, -0.15) is 0 Å². The fourth-order valence-corrected chi connectivity index (χ4v) is 3.90. The highest BCUT2D eigenvalue weighted by molar-refractivity contribution is 5.99. The Balaban J connectivity index is 1.90. The van der Waals surface area contributed by atoms with E-state index in [1.54, 1.807) is 13.2 Å². The lowest BCUT2D eigenvalue weighted by Gasteiger charge is -2.30. The van der Waals surface area contributed by atoms with Crippen LogP contribution in [0, 0.1) is 0 Å². The summed E-state index contributed by atoms with van der Waals surface area (Å²) in [7, 11) is 1.54. The zero-order valence-electron chi connectivity index (χ0n) is 15.8. The molecule has 0 saturated carbocycles. The van der Waals surface area contributed by atoms with E-state index in [4.69, 9.17) is 10.5 Å². The Morgan fingerprint density at radius 3 is 2.77 bits per heavy atom. The highest BCUT2D eigenvalue weighted by atomic mass is 16.5. The fraction of sp³-hybridized carbons (Fsp3) is 0.632. The van der Waals surface area contributed by atoms with Gasteiger partial charge in [-0.25, -0.2) is 4.68 Å². The number of aromatic nitrogens is 3. The number of benzene rings is 1. The highest BCUT2D eigenvalue weighted by Gasteiger charge is 2.21. The first-order valence-corrected chi connectivity index (χ1v) is 9.59. The molecule has 7 heteroatoms. The fourth-order valence-electron chi connectivity index (χ4n) is 3.90. The minimum Gasteiger partial charge on any atom is -0.496 e. The second-order valence-corrected chi connectivity index (χ2v) is 7.02. The largest absolute Gasteiger partial charge is 0.496 e. The molecule has 7 nitrogen and oxygen atoms in total.